The van der Waals surface area contributed by atoms with Crippen molar-refractivity contribution in [1.82, 2.24) is 15.0 Å². The molecular weight excluding hydrogens is 482 g/mol. The highest BCUT2D eigenvalue weighted by molar-refractivity contribution is 9.10. The summed E-state index contributed by atoms with van der Waals surface area (Å²) in [5, 5.41) is 11.5. The molecule has 0 saturated heterocycles. The summed E-state index contributed by atoms with van der Waals surface area (Å²) in [6, 6.07) is 13.1. The third-order valence-electron chi connectivity index (χ3n) is 4.81. The van der Waals surface area contributed by atoms with Crippen molar-refractivity contribution >= 4 is 45.2 Å². The molecule has 1 aromatic carbocycles. The van der Waals surface area contributed by atoms with Crippen LogP contribution in [-0.4, -0.2) is 20.8 Å². The maximum absolute atomic E-state index is 9.19. The Morgan fingerprint density at radius 3 is 2.82 bits per heavy atom. The summed E-state index contributed by atoms with van der Waals surface area (Å²) in [6.07, 6.45) is 5.51. The van der Waals surface area contributed by atoms with Crippen molar-refractivity contribution in [3.63, 3.8) is 0 Å². The highest BCUT2D eigenvalue weighted by atomic mass is 79.9. The van der Waals surface area contributed by atoms with Gasteiger partial charge in [-0.05, 0) is 46.6 Å². The van der Waals surface area contributed by atoms with Crippen LogP contribution in [0.5, 0.6) is 11.5 Å². The van der Waals surface area contributed by atoms with E-state index in [2.05, 4.69) is 48.5 Å². The summed E-state index contributed by atoms with van der Waals surface area (Å²) in [6.45, 7) is 7.88. The second-order valence-corrected chi connectivity index (χ2v) is 7.94. The van der Waals surface area contributed by atoms with Gasteiger partial charge in [-0.2, -0.15) is 10.3 Å². The lowest BCUT2D eigenvalue weighted by Gasteiger charge is -2.09. The number of nitrogens with zero attached hydrogens (tertiary/aromatic N) is 4. The zero-order valence-electron chi connectivity index (χ0n) is 18.1. The standard InChI is InChI=1S/C25H20BrN5O2/c1-4-21-24(26)23(15(2)30-21)25(33-20-10-17(12-27)13-28-14-20)31-16(3)32-19-7-8-22-18(11-19)6-5-9-29-22/h5-11,13-14,30H,2,4H2,1,3H3/b25-23-,31-16+. The molecule has 33 heavy (non-hydrogen) atoms. The second-order valence-electron chi connectivity index (χ2n) is 7.14. The van der Waals surface area contributed by atoms with Crippen LogP contribution in [0, 0.1) is 11.3 Å². The van der Waals surface area contributed by atoms with Gasteiger partial charge in [-0.25, -0.2) is 0 Å². The van der Waals surface area contributed by atoms with E-state index in [1.807, 2.05) is 37.3 Å². The zero-order valence-corrected chi connectivity index (χ0v) is 19.7. The van der Waals surface area contributed by atoms with E-state index in [-0.39, 0.29) is 5.88 Å². The van der Waals surface area contributed by atoms with Gasteiger partial charge in [0.05, 0.1) is 27.0 Å². The monoisotopic (exact) mass is 501 g/mol. The number of aliphatic imine (C=N–C) groups is 1. The van der Waals surface area contributed by atoms with Crippen molar-refractivity contribution in [2.45, 2.75) is 20.3 Å². The molecule has 0 fully saturated rings. The van der Waals surface area contributed by atoms with E-state index in [1.54, 1.807) is 19.2 Å². The minimum atomic E-state index is 0.264. The summed E-state index contributed by atoms with van der Waals surface area (Å²) < 4.78 is 12.9. The number of hydrogen-bond acceptors (Lipinski definition) is 6. The summed E-state index contributed by atoms with van der Waals surface area (Å²) >= 11 is 3.63. The average Bonchev–Trinajstić information content (AvgIpc) is 3.11. The molecule has 3 aromatic heterocycles. The summed E-state index contributed by atoms with van der Waals surface area (Å²) in [4.78, 5) is 16.3. The number of ether oxygens (including phenoxy) is 2. The van der Waals surface area contributed by atoms with E-state index in [1.165, 1.54) is 12.4 Å². The average molecular weight is 502 g/mol. The fourth-order valence-electron chi connectivity index (χ4n) is 3.28. The Morgan fingerprint density at radius 2 is 2.06 bits per heavy atom. The van der Waals surface area contributed by atoms with Crippen LogP contribution in [0.4, 0.5) is 0 Å². The van der Waals surface area contributed by atoms with Crippen molar-refractivity contribution in [2.24, 2.45) is 4.99 Å². The van der Waals surface area contributed by atoms with Gasteiger partial charge in [-0.1, -0.05) is 19.6 Å². The first-order chi connectivity index (χ1) is 16.0. The van der Waals surface area contributed by atoms with Gasteiger partial charge in [0.25, 0.3) is 0 Å². The fraction of sp³-hybridized carbons (Fsp3) is 0.120. The lowest BCUT2D eigenvalue weighted by Crippen LogP contribution is -2.26. The Kier molecular flexibility index (Phi) is 6.52. The Bertz CT molecular complexity index is 1520. The lowest BCUT2D eigenvalue weighted by molar-refractivity contribution is 0.486. The molecule has 0 atom stereocenters. The van der Waals surface area contributed by atoms with Crippen molar-refractivity contribution in [2.75, 3.05) is 0 Å². The predicted octanol–water partition coefficient (Wildman–Crippen LogP) is 4.21. The SMILES string of the molecule is C=c1[nH]c(CC)c(Br)/c1=C(/N=C(\C)Oc1ccc2ncccc2c1)Oc1cncc(C#N)c1. The van der Waals surface area contributed by atoms with E-state index < -0.39 is 0 Å². The molecule has 3 heterocycles. The number of hydrogen-bond donors (Lipinski definition) is 1. The first-order valence-electron chi connectivity index (χ1n) is 10.2. The first kappa shape index (κ1) is 22.2. The van der Waals surface area contributed by atoms with Gasteiger partial charge >= 0.3 is 0 Å². The van der Waals surface area contributed by atoms with Gasteiger partial charge in [0, 0.05) is 41.8 Å². The molecule has 0 aliphatic heterocycles. The third-order valence-corrected chi connectivity index (χ3v) is 5.69. The minimum absolute atomic E-state index is 0.264. The number of aromatic amines is 1. The smallest absolute Gasteiger partial charge is 0.232 e. The molecule has 0 amide bonds. The lowest BCUT2D eigenvalue weighted by atomic mass is 10.2. The molecular formula is C25H20BrN5O2. The maximum atomic E-state index is 9.19. The van der Waals surface area contributed by atoms with Gasteiger partial charge in [0.1, 0.15) is 17.6 Å². The molecule has 0 bridgehead atoms. The zero-order chi connectivity index (χ0) is 23.4. The molecule has 0 aliphatic rings. The summed E-state index contributed by atoms with van der Waals surface area (Å²) in [5.41, 5.74) is 2.23. The predicted molar refractivity (Wildman–Crippen MR) is 131 cm³/mol. The molecule has 0 radical (unpaired) electrons. The van der Waals surface area contributed by atoms with E-state index in [4.69, 9.17) is 9.47 Å². The molecule has 0 unspecified atom stereocenters. The summed E-state index contributed by atoms with van der Waals surface area (Å²) in [7, 11) is 0. The van der Waals surface area contributed by atoms with Gasteiger partial charge in [-0.3, -0.25) is 9.97 Å². The van der Waals surface area contributed by atoms with Gasteiger partial charge in [-0.15, -0.1) is 0 Å². The minimum Gasteiger partial charge on any atom is -0.443 e. The summed E-state index contributed by atoms with van der Waals surface area (Å²) in [5.74, 6) is 1.63. The quantitative estimate of drug-likeness (QED) is 0.326. The van der Waals surface area contributed by atoms with Crippen molar-refractivity contribution < 1.29 is 9.47 Å². The molecule has 164 valence electrons. The van der Waals surface area contributed by atoms with Crippen molar-refractivity contribution in [3.05, 3.63) is 81.3 Å². The topological polar surface area (TPSA) is 96.2 Å². The van der Waals surface area contributed by atoms with E-state index in [0.29, 0.717) is 33.5 Å². The number of H-pyrrole nitrogens is 1. The number of aryl methyl sites for hydroxylation is 1. The number of nitriles is 1. The number of halogens is 1. The Morgan fingerprint density at radius 1 is 1.21 bits per heavy atom. The fourth-order valence-corrected chi connectivity index (χ4v) is 4.07. The molecule has 0 aliphatic carbocycles. The number of aromatic nitrogens is 3. The second kappa shape index (κ2) is 9.67. The molecule has 7 nitrogen and oxygen atoms in total. The van der Waals surface area contributed by atoms with Gasteiger partial charge in [0.15, 0.2) is 5.90 Å². The van der Waals surface area contributed by atoms with E-state index >= 15 is 0 Å². The number of nitrogens with one attached hydrogen (secondary N) is 1. The van der Waals surface area contributed by atoms with Gasteiger partial charge in [0.2, 0.25) is 5.88 Å². The Labute approximate surface area is 198 Å². The highest BCUT2D eigenvalue weighted by Gasteiger charge is 2.12. The van der Waals surface area contributed by atoms with Crippen LogP contribution in [0.3, 0.4) is 0 Å². The van der Waals surface area contributed by atoms with Crippen LogP contribution in [0.1, 0.15) is 25.1 Å². The van der Waals surface area contributed by atoms with Crippen LogP contribution < -0.4 is 20.0 Å². The van der Waals surface area contributed by atoms with Crippen LogP contribution in [0.2, 0.25) is 0 Å². The van der Waals surface area contributed by atoms with E-state index in [0.717, 1.165) is 27.5 Å². The van der Waals surface area contributed by atoms with Crippen LogP contribution in [-0.2, 0) is 6.42 Å². The molecule has 4 aromatic rings. The van der Waals surface area contributed by atoms with Gasteiger partial charge < -0.3 is 14.5 Å². The molecule has 1 N–H and O–H groups in total. The number of pyridine rings is 2. The molecule has 0 spiro atoms. The Hall–Kier alpha value is -3.96. The number of benzene rings is 1. The highest BCUT2D eigenvalue weighted by Crippen LogP contribution is 2.21. The van der Waals surface area contributed by atoms with Crippen LogP contribution in [0.15, 0.2) is 64.5 Å². The first-order valence-corrected chi connectivity index (χ1v) is 11.0. The molecule has 8 heteroatoms. The Balaban J connectivity index is 1.77. The maximum Gasteiger partial charge on any atom is 0.232 e. The molecule has 0 saturated carbocycles. The van der Waals surface area contributed by atoms with E-state index in [9.17, 15) is 5.26 Å². The number of fused-ring (bicyclic) bond motifs is 1. The normalized spacial score (nSPS) is 12.4. The van der Waals surface area contributed by atoms with Crippen LogP contribution >= 0.6 is 15.9 Å². The third kappa shape index (κ3) is 4.94. The van der Waals surface area contributed by atoms with Crippen molar-refractivity contribution in [1.29, 1.82) is 5.26 Å². The number of rotatable bonds is 5. The van der Waals surface area contributed by atoms with Crippen LogP contribution in [0.25, 0.3) is 23.4 Å². The van der Waals surface area contributed by atoms with Crippen molar-refractivity contribution in [3.8, 4) is 17.6 Å². The largest absolute Gasteiger partial charge is 0.443 e. The molecule has 4 rings (SSSR count).